The van der Waals surface area contributed by atoms with Gasteiger partial charge in [-0.05, 0) is 43.9 Å². The maximum atomic E-state index is 12.4. The van der Waals surface area contributed by atoms with E-state index < -0.39 is 0 Å². The lowest BCUT2D eigenvalue weighted by atomic mass is 9.67. The minimum absolute atomic E-state index is 0.243. The molecule has 3 aliphatic carbocycles. The van der Waals surface area contributed by atoms with E-state index >= 15 is 0 Å². The van der Waals surface area contributed by atoms with E-state index in [2.05, 4.69) is 5.32 Å². The number of rotatable bonds is 2. The molecular weight excluding hydrogens is 250 g/mol. The van der Waals surface area contributed by atoms with E-state index in [0.29, 0.717) is 18.6 Å². The summed E-state index contributed by atoms with van der Waals surface area (Å²) in [7, 11) is 0. The van der Waals surface area contributed by atoms with Gasteiger partial charge in [-0.25, -0.2) is 0 Å². The lowest BCUT2D eigenvalue weighted by molar-refractivity contribution is -0.129. The SMILES string of the molecule is O=C1CCC(NC(=O)C2CCC3CCCCC3C2)CC1. The van der Waals surface area contributed by atoms with Crippen molar-refractivity contribution in [3.05, 3.63) is 0 Å². The number of ketones is 1. The summed E-state index contributed by atoms with van der Waals surface area (Å²) in [6, 6.07) is 0.254. The van der Waals surface area contributed by atoms with Crippen LogP contribution in [0.4, 0.5) is 0 Å². The largest absolute Gasteiger partial charge is 0.353 e. The van der Waals surface area contributed by atoms with Crippen LogP contribution < -0.4 is 5.32 Å². The van der Waals surface area contributed by atoms with Gasteiger partial charge in [-0.2, -0.15) is 0 Å². The summed E-state index contributed by atoms with van der Waals surface area (Å²) in [5.41, 5.74) is 0. The second kappa shape index (κ2) is 6.28. The van der Waals surface area contributed by atoms with E-state index in [1.165, 1.54) is 32.1 Å². The first-order chi connectivity index (χ1) is 9.72. The van der Waals surface area contributed by atoms with Gasteiger partial charge in [-0.15, -0.1) is 0 Å². The van der Waals surface area contributed by atoms with Crippen molar-refractivity contribution in [3.8, 4) is 0 Å². The van der Waals surface area contributed by atoms with Crippen LogP contribution in [0.1, 0.15) is 70.6 Å². The fraction of sp³-hybridized carbons (Fsp3) is 0.882. The van der Waals surface area contributed by atoms with Crippen molar-refractivity contribution < 1.29 is 9.59 Å². The van der Waals surface area contributed by atoms with Crippen molar-refractivity contribution in [2.45, 2.75) is 76.7 Å². The maximum Gasteiger partial charge on any atom is 0.223 e. The van der Waals surface area contributed by atoms with Crippen LogP contribution in [0.2, 0.25) is 0 Å². The molecule has 0 aromatic carbocycles. The van der Waals surface area contributed by atoms with E-state index in [0.717, 1.165) is 37.5 Å². The summed E-state index contributed by atoms with van der Waals surface area (Å²) < 4.78 is 0. The molecule has 3 nitrogen and oxygen atoms in total. The van der Waals surface area contributed by atoms with Gasteiger partial charge < -0.3 is 5.32 Å². The van der Waals surface area contributed by atoms with Gasteiger partial charge in [0.05, 0.1) is 0 Å². The third kappa shape index (κ3) is 3.24. The lowest BCUT2D eigenvalue weighted by Gasteiger charge is -2.39. The van der Waals surface area contributed by atoms with Crippen molar-refractivity contribution in [3.63, 3.8) is 0 Å². The Hall–Kier alpha value is -0.860. The first kappa shape index (κ1) is 14.1. The van der Waals surface area contributed by atoms with Crippen LogP contribution in [-0.4, -0.2) is 17.7 Å². The molecule has 3 fully saturated rings. The third-order valence-corrected chi connectivity index (χ3v) is 5.80. The van der Waals surface area contributed by atoms with E-state index in [9.17, 15) is 9.59 Å². The highest BCUT2D eigenvalue weighted by molar-refractivity contribution is 5.81. The number of carbonyl (C=O) groups is 2. The number of hydrogen-bond acceptors (Lipinski definition) is 2. The molecule has 0 bridgehead atoms. The summed E-state index contributed by atoms with van der Waals surface area (Å²) in [4.78, 5) is 23.7. The Kier molecular flexibility index (Phi) is 4.42. The molecule has 0 aliphatic heterocycles. The first-order valence-electron chi connectivity index (χ1n) is 8.54. The molecule has 3 heteroatoms. The molecule has 0 saturated heterocycles. The fourth-order valence-electron chi connectivity index (χ4n) is 4.51. The smallest absolute Gasteiger partial charge is 0.223 e. The van der Waals surface area contributed by atoms with Crippen LogP contribution >= 0.6 is 0 Å². The van der Waals surface area contributed by atoms with Crippen molar-refractivity contribution in [2.24, 2.45) is 17.8 Å². The Morgan fingerprint density at radius 2 is 1.60 bits per heavy atom. The van der Waals surface area contributed by atoms with E-state index in [1.54, 1.807) is 0 Å². The Morgan fingerprint density at radius 3 is 2.35 bits per heavy atom. The topological polar surface area (TPSA) is 46.2 Å². The summed E-state index contributed by atoms with van der Waals surface area (Å²) in [6.45, 7) is 0. The molecule has 0 aromatic rings. The van der Waals surface area contributed by atoms with Gasteiger partial charge in [0.25, 0.3) is 0 Å². The predicted molar refractivity (Wildman–Crippen MR) is 78.2 cm³/mol. The van der Waals surface area contributed by atoms with Gasteiger partial charge in [0.1, 0.15) is 5.78 Å². The number of amides is 1. The highest BCUT2D eigenvalue weighted by Crippen LogP contribution is 2.42. The van der Waals surface area contributed by atoms with Gasteiger partial charge >= 0.3 is 0 Å². The van der Waals surface area contributed by atoms with Gasteiger partial charge in [0.2, 0.25) is 5.91 Å². The highest BCUT2D eigenvalue weighted by Gasteiger charge is 2.35. The van der Waals surface area contributed by atoms with Gasteiger partial charge in [-0.3, -0.25) is 9.59 Å². The number of nitrogens with one attached hydrogen (secondary N) is 1. The Labute approximate surface area is 121 Å². The molecular formula is C17H27NO2. The van der Waals surface area contributed by atoms with Crippen LogP contribution in [0.15, 0.2) is 0 Å². The van der Waals surface area contributed by atoms with Gasteiger partial charge in [-0.1, -0.05) is 25.7 Å². The van der Waals surface area contributed by atoms with Gasteiger partial charge in [0.15, 0.2) is 0 Å². The number of hydrogen-bond donors (Lipinski definition) is 1. The van der Waals surface area contributed by atoms with Crippen LogP contribution in [0.25, 0.3) is 0 Å². The van der Waals surface area contributed by atoms with E-state index in [1.807, 2.05) is 0 Å². The van der Waals surface area contributed by atoms with E-state index in [4.69, 9.17) is 0 Å². The molecule has 3 aliphatic rings. The minimum Gasteiger partial charge on any atom is -0.353 e. The molecule has 1 amide bonds. The van der Waals surface area contributed by atoms with Crippen molar-refractivity contribution in [1.82, 2.24) is 5.32 Å². The molecule has 0 spiro atoms. The lowest BCUT2D eigenvalue weighted by Crippen LogP contribution is -2.43. The summed E-state index contributed by atoms with van der Waals surface area (Å²) >= 11 is 0. The molecule has 3 unspecified atom stereocenters. The molecule has 3 saturated carbocycles. The summed E-state index contributed by atoms with van der Waals surface area (Å²) in [6.07, 6.45) is 11.9. The molecule has 0 heterocycles. The van der Waals surface area contributed by atoms with E-state index in [-0.39, 0.29) is 17.9 Å². The zero-order valence-corrected chi connectivity index (χ0v) is 12.4. The molecule has 0 aromatic heterocycles. The fourth-order valence-corrected chi connectivity index (χ4v) is 4.51. The molecule has 3 atom stereocenters. The van der Waals surface area contributed by atoms with Crippen LogP contribution in [0.5, 0.6) is 0 Å². The Bertz CT molecular complexity index is 369. The number of carbonyl (C=O) groups excluding carboxylic acids is 2. The highest BCUT2D eigenvalue weighted by atomic mass is 16.2. The van der Waals surface area contributed by atoms with Crippen LogP contribution in [-0.2, 0) is 9.59 Å². The van der Waals surface area contributed by atoms with Crippen LogP contribution in [0, 0.1) is 17.8 Å². The molecule has 0 radical (unpaired) electrons. The van der Waals surface area contributed by atoms with Crippen molar-refractivity contribution in [1.29, 1.82) is 0 Å². The quantitative estimate of drug-likeness (QED) is 0.842. The average molecular weight is 277 g/mol. The van der Waals surface area contributed by atoms with Crippen molar-refractivity contribution >= 4 is 11.7 Å². The minimum atomic E-state index is 0.243. The maximum absolute atomic E-state index is 12.4. The molecule has 112 valence electrons. The van der Waals surface area contributed by atoms with Crippen LogP contribution in [0.3, 0.4) is 0 Å². The molecule has 20 heavy (non-hydrogen) atoms. The zero-order chi connectivity index (χ0) is 13.9. The second-order valence-corrected chi connectivity index (χ2v) is 7.14. The number of Topliss-reactive ketones (excluding diaryl/α,β-unsaturated/α-hetero) is 1. The molecule has 1 N–H and O–H groups in total. The monoisotopic (exact) mass is 277 g/mol. The first-order valence-corrected chi connectivity index (χ1v) is 8.54. The predicted octanol–water partition coefficient (Wildman–Crippen LogP) is 3.22. The van der Waals surface area contributed by atoms with Gasteiger partial charge in [0, 0.05) is 24.8 Å². The normalized spacial score (nSPS) is 35.4. The Balaban J connectivity index is 1.49. The van der Waals surface area contributed by atoms with Crippen molar-refractivity contribution in [2.75, 3.05) is 0 Å². The standard InChI is InChI=1S/C17H27NO2/c19-16-9-7-15(8-10-16)18-17(20)14-6-5-12-3-1-2-4-13(12)11-14/h12-15H,1-11H2,(H,18,20). The Morgan fingerprint density at radius 1 is 0.900 bits per heavy atom. The average Bonchev–Trinajstić information content (AvgIpc) is 2.49. The summed E-state index contributed by atoms with van der Waals surface area (Å²) in [5, 5.41) is 3.21. The molecule has 3 rings (SSSR count). The second-order valence-electron chi connectivity index (χ2n) is 7.14. The third-order valence-electron chi connectivity index (χ3n) is 5.80. The zero-order valence-electron chi connectivity index (χ0n) is 12.4. The summed E-state index contributed by atoms with van der Waals surface area (Å²) in [5.74, 6) is 2.58. The number of fused-ring (bicyclic) bond motifs is 1.